The van der Waals surface area contributed by atoms with E-state index in [1.807, 2.05) is 35.8 Å². The molecule has 3 amide bonds. The van der Waals surface area contributed by atoms with Gasteiger partial charge >= 0.3 is 6.03 Å². The number of pyridine rings is 1. The van der Waals surface area contributed by atoms with Crippen LogP contribution < -0.4 is 9.64 Å². The molecule has 0 unspecified atom stereocenters. The average Bonchev–Trinajstić information content (AvgIpc) is 3.31. The number of hydrogen-bond acceptors (Lipinski definition) is 6. The summed E-state index contributed by atoms with van der Waals surface area (Å²) in [6.07, 6.45) is 8.04. The zero-order chi connectivity index (χ0) is 27.1. The van der Waals surface area contributed by atoms with Gasteiger partial charge in [-0.05, 0) is 56.0 Å². The first-order valence-corrected chi connectivity index (χ1v) is 14.1. The number of aromatic nitrogens is 2. The summed E-state index contributed by atoms with van der Waals surface area (Å²) in [6.45, 7) is 8.99. The number of imide groups is 1. The number of anilines is 1. The molecule has 0 radical (unpaired) electrons. The first-order chi connectivity index (χ1) is 18.9. The molecule has 9 nitrogen and oxygen atoms in total. The van der Waals surface area contributed by atoms with Crippen molar-refractivity contribution in [2.45, 2.75) is 64.7 Å². The molecule has 1 aliphatic carbocycles. The second-order valence-corrected chi connectivity index (χ2v) is 11.3. The van der Waals surface area contributed by atoms with E-state index in [1.165, 1.54) is 29.7 Å². The van der Waals surface area contributed by atoms with Crippen LogP contribution in [0.4, 0.5) is 10.5 Å². The molecule has 1 saturated carbocycles. The SMILES string of the molecule is COc1cc(C)ccc1CN1C(=O)CCN(c2cnn3ccc(CN4CCN(C5CCC5)[C@@H](C)C4)cc23)C1=O. The molecule has 2 saturated heterocycles. The van der Waals surface area contributed by atoms with Crippen LogP contribution in [0.5, 0.6) is 5.75 Å². The summed E-state index contributed by atoms with van der Waals surface area (Å²) < 4.78 is 7.33. The molecule has 3 aliphatic rings. The van der Waals surface area contributed by atoms with E-state index in [4.69, 9.17) is 4.74 Å². The molecule has 2 aromatic heterocycles. The Kier molecular flexibility index (Phi) is 7.03. The van der Waals surface area contributed by atoms with E-state index in [0.717, 1.165) is 54.6 Å². The minimum Gasteiger partial charge on any atom is -0.496 e. The molecule has 6 rings (SSSR count). The number of carbonyl (C=O) groups is 2. The van der Waals surface area contributed by atoms with Crippen LogP contribution in [0.25, 0.3) is 5.52 Å². The zero-order valence-electron chi connectivity index (χ0n) is 23.2. The van der Waals surface area contributed by atoms with E-state index in [2.05, 4.69) is 34.0 Å². The molecule has 4 heterocycles. The third kappa shape index (κ3) is 5.01. The largest absolute Gasteiger partial charge is 0.496 e. The van der Waals surface area contributed by atoms with Crippen LogP contribution in [0.1, 0.15) is 49.3 Å². The molecular formula is C30H38N6O3. The van der Waals surface area contributed by atoms with E-state index in [1.54, 1.807) is 18.2 Å². The Morgan fingerprint density at radius 2 is 1.90 bits per heavy atom. The minimum absolute atomic E-state index is 0.174. The summed E-state index contributed by atoms with van der Waals surface area (Å²) in [6, 6.07) is 11.1. The first kappa shape index (κ1) is 25.8. The number of ether oxygens (including phenoxy) is 1. The van der Waals surface area contributed by atoms with Crippen molar-refractivity contribution in [3.05, 3.63) is 59.4 Å². The summed E-state index contributed by atoms with van der Waals surface area (Å²) >= 11 is 0. The van der Waals surface area contributed by atoms with Crippen molar-refractivity contribution in [1.82, 2.24) is 24.3 Å². The van der Waals surface area contributed by atoms with Crippen molar-refractivity contribution >= 4 is 23.1 Å². The number of rotatable bonds is 7. The van der Waals surface area contributed by atoms with Gasteiger partial charge in [0.2, 0.25) is 5.91 Å². The molecule has 2 aliphatic heterocycles. The average molecular weight is 531 g/mol. The molecule has 39 heavy (non-hydrogen) atoms. The topological polar surface area (TPSA) is 73.6 Å². The van der Waals surface area contributed by atoms with E-state index in [-0.39, 0.29) is 24.9 Å². The van der Waals surface area contributed by atoms with Gasteiger partial charge < -0.3 is 4.74 Å². The molecule has 0 N–H and O–H groups in total. The number of hydrogen-bond donors (Lipinski definition) is 0. The van der Waals surface area contributed by atoms with Crippen molar-refractivity contribution in [3.8, 4) is 5.75 Å². The molecule has 0 spiro atoms. The van der Waals surface area contributed by atoms with Gasteiger partial charge in [0.25, 0.3) is 0 Å². The monoisotopic (exact) mass is 530 g/mol. The Morgan fingerprint density at radius 1 is 1.05 bits per heavy atom. The number of methoxy groups -OCH3 is 1. The van der Waals surface area contributed by atoms with Crippen molar-refractivity contribution in [3.63, 3.8) is 0 Å². The van der Waals surface area contributed by atoms with Crippen molar-refractivity contribution in [2.24, 2.45) is 0 Å². The van der Waals surface area contributed by atoms with Crippen molar-refractivity contribution in [1.29, 1.82) is 0 Å². The van der Waals surface area contributed by atoms with E-state index < -0.39 is 0 Å². The second-order valence-electron chi connectivity index (χ2n) is 11.3. The van der Waals surface area contributed by atoms with Crippen LogP contribution >= 0.6 is 0 Å². The third-order valence-corrected chi connectivity index (χ3v) is 8.65. The lowest BCUT2D eigenvalue weighted by Crippen LogP contribution is -2.56. The molecule has 9 heteroatoms. The highest BCUT2D eigenvalue weighted by atomic mass is 16.5. The Labute approximate surface area is 229 Å². The molecule has 3 aromatic rings. The maximum atomic E-state index is 13.6. The van der Waals surface area contributed by atoms with Gasteiger partial charge in [-0.2, -0.15) is 5.10 Å². The van der Waals surface area contributed by atoms with Gasteiger partial charge in [-0.1, -0.05) is 18.6 Å². The number of fused-ring (bicyclic) bond motifs is 1. The van der Waals surface area contributed by atoms with E-state index >= 15 is 0 Å². The van der Waals surface area contributed by atoms with Crippen LogP contribution in [0, 0.1) is 6.92 Å². The number of amides is 3. The summed E-state index contributed by atoms with van der Waals surface area (Å²) in [5.74, 6) is 0.502. The maximum Gasteiger partial charge on any atom is 0.331 e. The highest BCUT2D eigenvalue weighted by Gasteiger charge is 2.35. The Bertz CT molecular complexity index is 1380. The molecule has 1 aromatic carbocycles. The van der Waals surface area contributed by atoms with E-state index in [9.17, 15) is 9.59 Å². The fraction of sp³-hybridized carbons (Fsp3) is 0.500. The van der Waals surface area contributed by atoms with Crippen LogP contribution in [0.2, 0.25) is 0 Å². The zero-order valence-corrected chi connectivity index (χ0v) is 23.2. The Balaban J connectivity index is 1.19. The molecular weight excluding hydrogens is 492 g/mol. The number of carbonyl (C=O) groups excluding carboxylic acids is 2. The van der Waals surface area contributed by atoms with Crippen molar-refractivity contribution < 1.29 is 14.3 Å². The van der Waals surface area contributed by atoms with Gasteiger partial charge in [-0.25, -0.2) is 9.31 Å². The lowest BCUT2D eigenvalue weighted by molar-refractivity contribution is -0.129. The van der Waals surface area contributed by atoms with Gasteiger partial charge in [0.1, 0.15) is 5.75 Å². The molecule has 3 fully saturated rings. The fourth-order valence-corrected chi connectivity index (χ4v) is 6.25. The van der Waals surface area contributed by atoms with Gasteiger partial charge in [-0.3, -0.25) is 24.4 Å². The summed E-state index contributed by atoms with van der Waals surface area (Å²) in [7, 11) is 1.61. The Morgan fingerprint density at radius 3 is 2.64 bits per heavy atom. The normalized spacial score (nSPS) is 21.6. The van der Waals surface area contributed by atoms with Gasteiger partial charge in [-0.15, -0.1) is 0 Å². The highest BCUT2D eigenvalue weighted by Crippen LogP contribution is 2.31. The van der Waals surface area contributed by atoms with Gasteiger partial charge in [0.05, 0.1) is 31.1 Å². The summed E-state index contributed by atoms with van der Waals surface area (Å²) in [5, 5.41) is 4.52. The maximum absolute atomic E-state index is 13.6. The van der Waals surface area contributed by atoms with Crippen LogP contribution in [-0.2, 0) is 17.9 Å². The Hall–Kier alpha value is -3.43. The molecule has 1 atom stereocenters. The van der Waals surface area contributed by atoms with Crippen molar-refractivity contribution in [2.75, 3.05) is 38.2 Å². The number of benzene rings is 1. The first-order valence-electron chi connectivity index (χ1n) is 14.1. The minimum atomic E-state index is -0.324. The van der Waals surface area contributed by atoms with Crippen LogP contribution in [0.3, 0.4) is 0 Å². The summed E-state index contributed by atoms with van der Waals surface area (Å²) in [4.78, 5) is 34.7. The standard InChI is InChI=1S/C30H38N6O3/c1-21-7-8-24(28(15-21)39-3)20-35-29(37)10-11-34(30(35)38)27-17-31-36-12-9-23(16-26(27)36)19-32-13-14-33(22(2)18-32)25-5-4-6-25/h7-9,12,15-17,22,25H,4-6,10-11,13-14,18-20H2,1-3H3/t22-/m0/s1. The van der Waals surface area contributed by atoms with Gasteiger partial charge in [0, 0.05) is 63.0 Å². The molecule has 0 bridgehead atoms. The second kappa shape index (κ2) is 10.6. The van der Waals surface area contributed by atoms with Crippen LogP contribution in [0.15, 0.2) is 42.7 Å². The fourth-order valence-electron chi connectivity index (χ4n) is 6.25. The predicted octanol–water partition coefficient (Wildman–Crippen LogP) is 4.07. The smallest absolute Gasteiger partial charge is 0.331 e. The highest BCUT2D eigenvalue weighted by molar-refractivity contribution is 6.07. The lowest BCUT2D eigenvalue weighted by atomic mass is 9.89. The summed E-state index contributed by atoms with van der Waals surface area (Å²) in [5.41, 5.74) is 4.68. The number of piperazine rings is 1. The lowest BCUT2D eigenvalue weighted by Gasteiger charge is -2.47. The third-order valence-electron chi connectivity index (χ3n) is 8.65. The predicted molar refractivity (Wildman–Crippen MR) is 150 cm³/mol. The quantitative estimate of drug-likeness (QED) is 0.459. The number of urea groups is 1. The number of aryl methyl sites for hydroxylation is 1. The van der Waals surface area contributed by atoms with E-state index in [0.29, 0.717) is 18.3 Å². The van der Waals surface area contributed by atoms with Gasteiger partial charge in [0.15, 0.2) is 0 Å². The number of nitrogens with zero attached hydrogens (tertiary/aromatic N) is 6. The molecule has 206 valence electrons. The van der Waals surface area contributed by atoms with Crippen LogP contribution in [-0.4, -0.2) is 81.6 Å².